The van der Waals surface area contributed by atoms with Gasteiger partial charge in [-0.3, -0.25) is 4.79 Å². The molecule has 1 atom stereocenters. The van der Waals surface area contributed by atoms with Crippen molar-refractivity contribution >= 4 is 22.9 Å². The van der Waals surface area contributed by atoms with Crippen molar-refractivity contribution in [1.82, 2.24) is 20.1 Å². The fraction of sp³-hybridized carbons (Fsp3) is 0.417. The van der Waals surface area contributed by atoms with Crippen LogP contribution in [0.2, 0.25) is 0 Å². The van der Waals surface area contributed by atoms with E-state index in [0.29, 0.717) is 10.6 Å². The van der Waals surface area contributed by atoms with Gasteiger partial charge in [0.05, 0.1) is 11.7 Å². The third kappa shape index (κ3) is 2.76. The van der Waals surface area contributed by atoms with Crippen LogP contribution in [0.5, 0.6) is 0 Å². The molecule has 2 heterocycles. The lowest BCUT2D eigenvalue weighted by Gasteiger charge is -2.16. The molecule has 2 rings (SSSR count). The number of nitrogens with one attached hydrogen (secondary N) is 1. The van der Waals surface area contributed by atoms with Gasteiger partial charge in [0, 0.05) is 6.54 Å². The number of carbonyl (C=O) groups excluding carboxylic acids is 1. The Balaban J connectivity index is 2.16. The van der Waals surface area contributed by atoms with E-state index in [0.717, 1.165) is 18.8 Å². The summed E-state index contributed by atoms with van der Waals surface area (Å²) in [5.41, 5.74) is 6.26. The molecule has 19 heavy (non-hydrogen) atoms. The number of amides is 1. The molecule has 2 aromatic rings. The van der Waals surface area contributed by atoms with Crippen molar-refractivity contribution in [2.45, 2.75) is 32.9 Å². The molecule has 1 amide bonds. The molecule has 102 valence electrons. The number of hydrogen-bond donors (Lipinski definition) is 2. The van der Waals surface area contributed by atoms with Crippen molar-refractivity contribution in [2.75, 3.05) is 5.73 Å². The van der Waals surface area contributed by atoms with Gasteiger partial charge < -0.3 is 11.1 Å². The minimum Gasteiger partial charge on any atom is -0.397 e. The number of aryl methyl sites for hydroxylation is 1. The summed E-state index contributed by atoms with van der Waals surface area (Å²) in [6.45, 7) is 4.71. The number of rotatable bonds is 5. The normalized spacial score (nSPS) is 12.3. The SMILES string of the molecule is CC[C@H](NC(=O)c1sccc1N)c1ncnn1CC. The molecule has 0 aliphatic heterocycles. The van der Waals surface area contributed by atoms with Crippen LogP contribution >= 0.6 is 11.3 Å². The van der Waals surface area contributed by atoms with Crippen LogP contribution in [0.1, 0.15) is 41.8 Å². The molecular formula is C12H17N5OS. The van der Waals surface area contributed by atoms with Gasteiger partial charge in [0.2, 0.25) is 0 Å². The summed E-state index contributed by atoms with van der Waals surface area (Å²) in [4.78, 5) is 16.9. The van der Waals surface area contributed by atoms with Gasteiger partial charge in [-0.15, -0.1) is 11.3 Å². The summed E-state index contributed by atoms with van der Waals surface area (Å²) >= 11 is 1.34. The monoisotopic (exact) mass is 279 g/mol. The third-order valence-corrected chi connectivity index (χ3v) is 3.80. The molecule has 0 aromatic carbocycles. The fourth-order valence-corrected chi connectivity index (χ4v) is 2.58. The van der Waals surface area contributed by atoms with Gasteiger partial charge in [-0.05, 0) is 24.8 Å². The smallest absolute Gasteiger partial charge is 0.264 e. The first kappa shape index (κ1) is 13.5. The van der Waals surface area contributed by atoms with E-state index in [2.05, 4.69) is 15.4 Å². The second-order valence-electron chi connectivity index (χ2n) is 4.07. The van der Waals surface area contributed by atoms with E-state index in [4.69, 9.17) is 5.73 Å². The van der Waals surface area contributed by atoms with Crippen LogP contribution in [-0.4, -0.2) is 20.7 Å². The summed E-state index contributed by atoms with van der Waals surface area (Å²) in [7, 11) is 0. The number of carbonyl (C=O) groups is 1. The van der Waals surface area contributed by atoms with E-state index < -0.39 is 0 Å². The quantitative estimate of drug-likeness (QED) is 0.874. The molecule has 7 heteroatoms. The maximum absolute atomic E-state index is 12.2. The van der Waals surface area contributed by atoms with Crippen LogP contribution in [0.3, 0.4) is 0 Å². The first-order valence-corrected chi connectivity index (χ1v) is 7.06. The summed E-state index contributed by atoms with van der Waals surface area (Å²) in [5, 5.41) is 8.88. The highest BCUT2D eigenvalue weighted by atomic mass is 32.1. The number of aromatic nitrogens is 3. The predicted molar refractivity (Wildman–Crippen MR) is 74.9 cm³/mol. The number of nitrogens with two attached hydrogens (primary N) is 1. The summed E-state index contributed by atoms with van der Waals surface area (Å²) in [5.74, 6) is 0.610. The van der Waals surface area contributed by atoms with Gasteiger partial charge in [-0.25, -0.2) is 9.67 Å². The topological polar surface area (TPSA) is 85.8 Å². The van der Waals surface area contributed by atoms with Gasteiger partial charge in [-0.1, -0.05) is 6.92 Å². The van der Waals surface area contributed by atoms with E-state index >= 15 is 0 Å². The van der Waals surface area contributed by atoms with Crippen molar-refractivity contribution in [2.24, 2.45) is 0 Å². The summed E-state index contributed by atoms with van der Waals surface area (Å²) in [6.07, 6.45) is 2.25. The van der Waals surface area contributed by atoms with E-state index in [1.54, 1.807) is 16.1 Å². The largest absolute Gasteiger partial charge is 0.397 e. The Morgan fingerprint density at radius 3 is 2.95 bits per heavy atom. The summed E-state index contributed by atoms with van der Waals surface area (Å²) in [6, 6.07) is 1.58. The Kier molecular flexibility index (Phi) is 4.16. The molecule has 6 nitrogen and oxygen atoms in total. The molecule has 0 saturated carbocycles. The molecule has 0 aliphatic carbocycles. The highest BCUT2D eigenvalue weighted by molar-refractivity contribution is 7.12. The molecule has 2 aromatic heterocycles. The van der Waals surface area contributed by atoms with Crippen LogP contribution in [-0.2, 0) is 6.54 Å². The molecule has 0 unspecified atom stereocenters. The van der Waals surface area contributed by atoms with Crippen molar-refractivity contribution < 1.29 is 4.79 Å². The van der Waals surface area contributed by atoms with E-state index in [-0.39, 0.29) is 11.9 Å². The van der Waals surface area contributed by atoms with Crippen LogP contribution in [0, 0.1) is 0 Å². The molecule has 0 saturated heterocycles. The highest BCUT2D eigenvalue weighted by Gasteiger charge is 2.20. The lowest BCUT2D eigenvalue weighted by molar-refractivity contribution is 0.0937. The standard InChI is InChI=1S/C12H17N5OS/c1-3-9(11-14-7-15-17(11)4-2)16-12(18)10-8(13)5-6-19-10/h5-7,9H,3-4,13H2,1-2H3,(H,16,18)/t9-/m0/s1. The number of nitrogens with zero attached hydrogens (tertiary/aromatic N) is 3. The molecule has 0 aliphatic rings. The first-order valence-electron chi connectivity index (χ1n) is 6.18. The number of hydrogen-bond acceptors (Lipinski definition) is 5. The average Bonchev–Trinajstić information content (AvgIpc) is 3.03. The minimum absolute atomic E-state index is 0.156. The second kappa shape index (κ2) is 5.83. The van der Waals surface area contributed by atoms with Crippen LogP contribution in [0.4, 0.5) is 5.69 Å². The van der Waals surface area contributed by atoms with E-state index in [9.17, 15) is 4.79 Å². The van der Waals surface area contributed by atoms with Crippen molar-refractivity contribution in [3.63, 3.8) is 0 Å². The highest BCUT2D eigenvalue weighted by Crippen LogP contribution is 2.21. The van der Waals surface area contributed by atoms with Gasteiger partial charge in [0.25, 0.3) is 5.91 Å². The Morgan fingerprint density at radius 1 is 1.58 bits per heavy atom. The number of anilines is 1. The van der Waals surface area contributed by atoms with Gasteiger partial charge in [-0.2, -0.15) is 5.10 Å². The van der Waals surface area contributed by atoms with Crippen molar-refractivity contribution in [3.8, 4) is 0 Å². The van der Waals surface area contributed by atoms with Gasteiger partial charge in [0.1, 0.15) is 17.0 Å². The zero-order valence-corrected chi connectivity index (χ0v) is 11.8. The Hall–Kier alpha value is -1.89. The Labute approximate surface area is 115 Å². The predicted octanol–water partition coefficient (Wildman–Crippen LogP) is 1.82. The maximum atomic E-state index is 12.2. The molecule has 0 spiro atoms. The van der Waals surface area contributed by atoms with Crippen LogP contribution in [0.25, 0.3) is 0 Å². The molecule has 3 N–H and O–H groups in total. The molecule has 0 fully saturated rings. The van der Waals surface area contributed by atoms with Crippen LogP contribution in [0.15, 0.2) is 17.8 Å². The zero-order chi connectivity index (χ0) is 13.8. The lowest BCUT2D eigenvalue weighted by atomic mass is 10.2. The van der Waals surface area contributed by atoms with Crippen molar-refractivity contribution in [3.05, 3.63) is 28.5 Å². The number of thiophene rings is 1. The lowest BCUT2D eigenvalue weighted by Crippen LogP contribution is -2.30. The van der Waals surface area contributed by atoms with Crippen molar-refractivity contribution in [1.29, 1.82) is 0 Å². The fourth-order valence-electron chi connectivity index (χ4n) is 1.86. The summed E-state index contributed by atoms with van der Waals surface area (Å²) < 4.78 is 1.78. The zero-order valence-electron chi connectivity index (χ0n) is 11.0. The van der Waals surface area contributed by atoms with E-state index in [1.165, 1.54) is 17.7 Å². The van der Waals surface area contributed by atoms with E-state index in [1.807, 2.05) is 13.8 Å². The average molecular weight is 279 g/mol. The number of nitrogen functional groups attached to an aromatic ring is 1. The first-order chi connectivity index (χ1) is 9.17. The third-order valence-electron chi connectivity index (χ3n) is 2.87. The molecular weight excluding hydrogens is 262 g/mol. The minimum atomic E-state index is -0.162. The van der Waals surface area contributed by atoms with Crippen LogP contribution < -0.4 is 11.1 Å². The second-order valence-corrected chi connectivity index (χ2v) is 4.99. The maximum Gasteiger partial charge on any atom is 0.264 e. The van der Waals surface area contributed by atoms with Gasteiger partial charge in [0.15, 0.2) is 0 Å². The molecule has 0 bridgehead atoms. The molecule has 0 radical (unpaired) electrons. The Bertz CT molecular complexity index is 562. The Morgan fingerprint density at radius 2 is 2.37 bits per heavy atom. The van der Waals surface area contributed by atoms with Gasteiger partial charge >= 0.3 is 0 Å².